The van der Waals surface area contributed by atoms with Gasteiger partial charge in [-0.2, -0.15) is 0 Å². The Balaban J connectivity index is 2.08. The molecule has 0 atom stereocenters. The predicted molar refractivity (Wildman–Crippen MR) is 70.0 cm³/mol. The summed E-state index contributed by atoms with van der Waals surface area (Å²) in [6.07, 6.45) is 1.57. The molecule has 1 aromatic heterocycles. The minimum absolute atomic E-state index is 0.00301. The Morgan fingerprint density at radius 2 is 2.16 bits per heavy atom. The second kappa shape index (κ2) is 4.04. The van der Waals surface area contributed by atoms with Crippen molar-refractivity contribution in [2.75, 3.05) is 5.73 Å². The zero-order chi connectivity index (χ0) is 13.6. The lowest BCUT2D eigenvalue weighted by atomic mass is 10.2. The first-order valence-electron chi connectivity index (χ1n) is 5.35. The Kier molecular flexibility index (Phi) is 2.58. The lowest BCUT2D eigenvalue weighted by Crippen LogP contribution is -2.29. The number of carbonyl (C=O) groups excluding carboxylic acids is 1. The van der Waals surface area contributed by atoms with Crippen molar-refractivity contribution in [3.63, 3.8) is 0 Å². The van der Waals surface area contributed by atoms with Crippen LogP contribution in [0.1, 0.15) is 15.4 Å². The van der Waals surface area contributed by atoms with Gasteiger partial charge in [-0.3, -0.25) is 4.79 Å². The van der Waals surface area contributed by atoms with E-state index in [1.54, 1.807) is 11.6 Å². The molecule has 8 heteroatoms. The number of benzene rings is 1. The molecule has 2 heterocycles. The van der Waals surface area contributed by atoms with Crippen molar-refractivity contribution < 1.29 is 13.2 Å². The highest BCUT2D eigenvalue weighted by Gasteiger charge is 2.41. The first-order valence-corrected chi connectivity index (χ1v) is 7.67. The van der Waals surface area contributed by atoms with Gasteiger partial charge in [-0.15, -0.1) is 11.3 Å². The minimum atomic E-state index is -3.79. The summed E-state index contributed by atoms with van der Waals surface area (Å²) in [5, 5.41) is 2.30. The molecule has 1 aliphatic heterocycles. The lowest BCUT2D eigenvalue weighted by molar-refractivity contribution is 0.0865. The molecular formula is C11H9N3O3S2. The fourth-order valence-corrected chi connectivity index (χ4v) is 4.11. The molecule has 0 spiro atoms. The SMILES string of the molecule is Nc1ccc2c(c1)C(=O)N(Cc1nccs1)S2(=O)=O. The first-order chi connectivity index (χ1) is 9.00. The van der Waals surface area contributed by atoms with Crippen LogP contribution in [0.3, 0.4) is 0 Å². The molecule has 6 nitrogen and oxygen atoms in total. The van der Waals surface area contributed by atoms with Crippen LogP contribution in [0.15, 0.2) is 34.7 Å². The number of sulfonamides is 1. The number of aromatic nitrogens is 1. The summed E-state index contributed by atoms with van der Waals surface area (Å²) in [6, 6.07) is 4.22. The summed E-state index contributed by atoms with van der Waals surface area (Å²) in [6.45, 7) is -0.0482. The maximum atomic E-state index is 12.3. The van der Waals surface area contributed by atoms with Crippen molar-refractivity contribution in [1.29, 1.82) is 0 Å². The highest BCUT2D eigenvalue weighted by Crippen LogP contribution is 2.32. The van der Waals surface area contributed by atoms with Gasteiger partial charge in [0.05, 0.1) is 12.1 Å². The average Bonchev–Trinajstić information content (AvgIpc) is 2.92. The molecule has 0 unspecified atom stereocenters. The van der Waals surface area contributed by atoms with Gasteiger partial charge in [0.15, 0.2) is 0 Å². The highest BCUT2D eigenvalue weighted by atomic mass is 32.2. The summed E-state index contributed by atoms with van der Waals surface area (Å²) in [5.41, 5.74) is 6.07. The molecule has 0 bridgehead atoms. The number of thiazole rings is 1. The van der Waals surface area contributed by atoms with E-state index in [0.717, 1.165) is 4.31 Å². The van der Waals surface area contributed by atoms with E-state index in [4.69, 9.17) is 5.73 Å². The second-order valence-corrected chi connectivity index (χ2v) is 6.81. The summed E-state index contributed by atoms with van der Waals surface area (Å²) in [4.78, 5) is 16.2. The first kappa shape index (κ1) is 12.1. The van der Waals surface area contributed by atoms with Crippen molar-refractivity contribution in [2.45, 2.75) is 11.4 Å². The van der Waals surface area contributed by atoms with Gasteiger partial charge in [-0.1, -0.05) is 0 Å². The monoisotopic (exact) mass is 295 g/mol. The highest BCUT2D eigenvalue weighted by molar-refractivity contribution is 7.90. The fraction of sp³-hybridized carbons (Fsp3) is 0.0909. The Labute approximate surface area is 113 Å². The molecule has 1 aliphatic rings. The number of hydrogen-bond donors (Lipinski definition) is 1. The molecule has 98 valence electrons. The van der Waals surface area contributed by atoms with E-state index in [2.05, 4.69) is 4.98 Å². The van der Waals surface area contributed by atoms with Gasteiger partial charge in [0.1, 0.15) is 9.90 Å². The molecule has 2 aromatic rings. The van der Waals surface area contributed by atoms with Gasteiger partial charge in [0, 0.05) is 17.3 Å². The number of rotatable bonds is 2. The number of nitrogens with two attached hydrogens (primary N) is 1. The molecule has 19 heavy (non-hydrogen) atoms. The quantitative estimate of drug-likeness (QED) is 0.836. The van der Waals surface area contributed by atoms with Crippen LogP contribution in [0.25, 0.3) is 0 Å². The molecule has 0 fully saturated rings. The number of fused-ring (bicyclic) bond motifs is 1. The number of nitrogens with zero attached hydrogens (tertiary/aromatic N) is 2. The Bertz CT molecular complexity index is 753. The van der Waals surface area contributed by atoms with E-state index < -0.39 is 15.9 Å². The van der Waals surface area contributed by atoms with Crippen LogP contribution in [0.2, 0.25) is 0 Å². The van der Waals surface area contributed by atoms with Crippen molar-refractivity contribution in [1.82, 2.24) is 9.29 Å². The van der Waals surface area contributed by atoms with Gasteiger partial charge >= 0.3 is 0 Å². The fourth-order valence-electron chi connectivity index (χ4n) is 1.91. The van der Waals surface area contributed by atoms with Crippen molar-refractivity contribution in [3.8, 4) is 0 Å². The average molecular weight is 295 g/mol. The molecule has 0 saturated heterocycles. The summed E-state index contributed by atoms with van der Waals surface area (Å²) < 4.78 is 25.4. The third-order valence-corrected chi connectivity index (χ3v) is 5.34. The maximum absolute atomic E-state index is 12.3. The molecule has 1 aromatic carbocycles. The third kappa shape index (κ3) is 1.80. The predicted octanol–water partition coefficient (Wildman–Crippen LogP) is 1.07. The molecule has 3 rings (SSSR count). The van der Waals surface area contributed by atoms with Crippen molar-refractivity contribution in [3.05, 3.63) is 40.3 Å². The summed E-state index contributed by atoms with van der Waals surface area (Å²) in [5.74, 6) is -0.558. The summed E-state index contributed by atoms with van der Waals surface area (Å²) in [7, 11) is -3.79. The zero-order valence-electron chi connectivity index (χ0n) is 9.61. The van der Waals surface area contributed by atoms with Crippen LogP contribution in [0.4, 0.5) is 5.69 Å². The standard InChI is InChI=1S/C11H9N3O3S2/c12-7-1-2-9-8(5-7)11(15)14(19(9,16)17)6-10-13-3-4-18-10/h1-5H,6,12H2. The van der Waals surface area contributed by atoms with E-state index in [1.165, 1.54) is 29.5 Å². The van der Waals surface area contributed by atoms with Gasteiger partial charge in [0.25, 0.3) is 15.9 Å². The number of hydrogen-bond acceptors (Lipinski definition) is 6. The van der Waals surface area contributed by atoms with Crippen LogP contribution < -0.4 is 5.73 Å². The van der Waals surface area contributed by atoms with E-state index in [-0.39, 0.29) is 17.0 Å². The van der Waals surface area contributed by atoms with Gasteiger partial charge in [0.2, 0.25) is 0 Å². The van der Waals surface area contributed by atoms with Gasteiger partial charge < -0.3 is 5.73 Å². The number of carbonyl (C=O) groups is 1. The number of anilines is 1. The van der Waals surface area contributed by atoms with Crippen LogP contribution in [-0.2, 0) is 16.6 Å². The topological polar surface area (TPSA) is 93.4 Å². The minimum Gasteiger partial charge on any atom is -0.399 e. The van der Waals surface area contributed by atoms with E-state index in [0.29, 0.717) is 10.7 Å². The lowest BCUT2D eigenvalue weighted by Gasteiger charge is -2.12. The molecule has 1 amide bonds. The van der Waals surface area contributed by atoms with E-state index >= 15 is 0 Å². The Morgan fingerprint density at radius 3 is 2.84 bits per heavy atom. The molecule has 0 saturated carbocycles. The Morgan fingerprint density at radius 1 is 1.37 bits per heavy atom. The molecule has 2 N–H and O–H groups in total. The smallest absolute Gasteiger partial charge is 0.269 e. The van der Waals surface area contributed by atoms with E-state index in [1.807, 2.05) is 0 Å². The second-order valence-electron chi connectivity index (χ2n) is 4.00. The molecular weight excluding hydrogens is 286 g/mol. The zero-order valence-corrected chi connectivity index (χ0v) is 11.2. The van der Waals surface area contributed by atoms with Crippen LogP contribution in [0.5, 0.6) is 0 Å². The molecule has 0 radical (unpaired) electrons. The number of amides is 1. The third-order valence-electron chi connectivity index (χ3n) is 2.79. The maximum Gasteiger partial charge on any atom is 0.269 e. The summed E-state index contributed by atoms with van der Waals surface area (Å²) >= 11 is 1.30. The van der Waals surface area contributed by atoms with Crippen LogP contribution in [0, 0.1) is 0 Å². The molecule has 0 aliphatic carbocycles. The Hall–Kier alpha value is -1.93. The van der Waals surface area contributed by atoms with Crippen LogP contribution in [-0.4, -0.2) is 23.6 Å². The van der Waals surface area contributed by atoms with Gasteiger partial charge in [-0.05, 0) is 18.2 Å². The van der Waals surface area contributed by atoms with Crippen molar-refractivity contribution in [2.24, 2.45) is 0 Å². The normalized spacial score (nSPS) is 16.6. The van der Waals surface area contributed by atoms with Crippen molar-refractivity contribution >= 4 is 33.0 Å². The van der Waals surface area contributed by atoms with Crippen LogP contribution >= 0.6 is 11.3 Å². The van der Waals surface area contributed by atoms with E-state index in [9.17, 15) is 13.2 Å². The van der Waals surface area contributed by atoms with Gasteiger partial charge in [-0.25, -0.2) is 17.7 Å². The number of nitrogen functional groups attached to an aromatic ring is 1. The largest absolute Gasteiger partial charge is 0.399 e.